The predicted molar refractivity (Wildman–Crippen MR) is 70.2 cm³/mol. The number of nitrogens with one attached hydrogen (secondary N) is 1. The fraction of sp³-hybridized carbons (Fsp3) is 0.231. The highest BCUT2D eigenvalue weighted by atomic mass is 32.1. The molecule has 0 spiro atoms. The van der Waals surface area contributed by atoms with E-state index in [0.717, 1.165) is 0 Å². The van der Waals surface area contributed by atoms with Gasteiger partial charge < -0.3 is 5.32 Å². The second kappa shape index (κ2) is 5.59. The molecule has 17 heavy (non-hydrogen) atoms. The second-order valence-electron chi connectivity index (χ2n) is 3.90. The quantitative estimate of drug-likeness (QED) is 0.899. The molecule has 1 aromatic heterocycles. The van der Waals surface area contributed by atoms with Gasteiger partial charge in [-0.05, 0) is 11.5 Å². The van der Waals surface area contributed by atoms with Gasteiger partial charge in [-0.25, -0.2) is 4.98 Å². The first-order chi connectivity index (χ1) is 8.25. The van der Waals surface area contributed by atoms with Gasteiger partial charge in [-0.1, -0.05) is 37.3 Å². The highest BCUT2D eigenvalue weighted by Gasteiger charge is 2.11. The van der Waals surface area contributed by atoms with Gasteiger partial charge in [0.05, 0.1) is 0 Å². The third-order valence-corrected chi connectivity index (χ3v) is 3.23. The molecule has 0 aliphatic carbocycles. The van der Waals surface area contributed by atoms with Crippen LogP contribution in [0.25, 0.3) is 0 Å². The number of carbonyl (C=O) groups excluding carboxylic acids is 1. The maximum absolute atomic E-state index is 11.7. The van der Waals surface area contributed by atoms with Crippen molar-refractivity contribution in [3.63, 3.8) is 0 Å². The third kappa shape index (κ3) is 3.39. The summed E-state index contributed by atoms with van der Waals surface area (Å²) < 4.78 is 0. The lowest BCUT2D eigenvalue weighted by atomic mass is 9.98. The Labute approximate surface area is 105 Å². The number of thiazole rings is 1. The molecular weight excluding hydrogens is 232 g/mol. The number of benzene rings is 1. The first-order valence-corrected chi connectivity index (χ1v) is 6.38. The van der Waals surface area contributed by atoms with Gasteiger partial charge in [0.25, 0.3) is 0 Å². The largest absolute Gasteiger partial charge is 0.302 e. The minimum atomic E-state index is 0.0105. The van der Waals surface area contributed by atoms with E-state index < -0.39 is 0 Å². The van der Waals surface area contributed by atoms with Crippen LogP contribution in [0.5, 0.6) is 0 Å². The van der Waals surface area contributed by atoms with E-state index in [1.54, 1.807) is 6.20 Å². The maximum atomic E-state index is 11.7. The molecule has 1 amide bonds. The molecule has 2 rings (SSSR count). The van der Waals surface area contributed by atoms with Crippen molar-refractivity contribution in [2.45, 2.75) is 19.3 Å². The highest BCUT2D eigenvalue weighted by Crippen LogP contribution is 2.19. The average molecular weight is 246 g/mol. The van der Waals surface area contributed by atoms with Crippen molar-refractivity contribution in [3.8, 4) is 0 Å². The molecule has 88 valence electrons. The van der Waals surface area contributed by atoms with Crippen molar-refractivity contribution in [3.05, 3.63) is 47.5 Å². The van der Waals surface area contributed by atoms with Crippen molar-refractivity contribution in [1.29, 1.82) is 0 Å². The number of nitrogens with zero attached hydrogens (tertiary/aromatic N) is 1. The molecule has 0 bridgehead atoms. The number of aromatic nitrogens is 1. The summed E-state index contributed by atoms with van der Waals surface area (Å²) in [5.74, 6) is 0.229. The maximum Gasteiger partial charge on any atom is 0.226 e. The van der Waals surface area contributed by atoms with Gasteiger partial charge >= 0.3 is 0 Å². The van der Waals surface area contributed by atoms with E-state index in [0.29, 0.717) is 11.6 Å². The van der Waals surface area contributed by atoms with E-state index in [2.05, 4.69) is 17.2 Å². The molecule has 0 radical (unpaired) electrons. The molecule has 1 N–H and O–H groups in total. The monoisotopic (exact) mass is 246 g/mol. The molecule has 0 saturated heterocycles. The Morgan fingerprint density at radius 2 is 2.18 bits per heavy atom. The first-order valence-electron chi connectivity index (χ1n) is 5.50. The minimum absolute atomic E-state index is 0.0105. The van der Waals surface area contributed by atoms with Crippen LogP contribution in [-0.2, 0) is 4.79 Å². The number of rotatable bonds is 4. The fourth-order valence-corrected chi connectivity index (χ4v) is 2.18. The first kappa shape index (κ1) is 11.8. The molecule has 1 heterocycles. The van der Waals surface area contributed by atoms with E-state index in [1.165, 1.54) is 16.9 Å². The van der Waals surface area contributed by atoms with Gasteiger partial charge in [0, 0.05) is 18.0 Å². The minimum Gasteiger partial charge on any atom is -0.302 e. The summed E-state index contributed by atoms with van der Waals surface area (Å²) in [6.07, 6.45) is 2.16. The van der Waals surface area contributed by atoms with Gasteiger partial charge in [-0.3, -0.25) is 4.79 Å². The Hall–Kier alpha value is -1.68. The molecule has 0 unspecified atom stereocenters. The molecule has 0 saturated carbocycles. The van der Waals surface area contributed by atoms with Crippen molar-refractivity contribution < 1.29 is 4.79 Å². The van der Waals surface area contributed by atoms with E-state index in [4.69, 9.17) is 0 Å². The number of amides is 1. The standard InChI is InChI=1S/C13H14N2OS/c1-10(11-5-3-2-4-6-11)9-12(16)15-13-14-7-8-17-13/h2-8,10H,9H2,1H3,(H,14,15,16)/t10-/m0/s1. The second-order valence-corrected chi connectivity index (χ2v) is 4.80. The van der Waals surface area contributed by atoms with Crippen molar-refractivity contribution >= 4 is 22.4 Å². The molecular formula is C13H14N2OS. The number of carbonyl (C=O) groups is 1. The Morgan fingerprint density at radius 1 is 1.41 bits per heavy atom. The van der Waals surface area contributed by atoms with Crippen LogP contribution in [0.2, 0.25) is 0 Å². The van der Waals surface area contributed by atoms with Gasteiger partial charge in [0.2, 0.25) is 5.91 Å². The summed E-state index contributed by atoms with van der Waals surface area (Å²) >= 11 is 1.43. The van der Waals surface area contributed by atoms with E-state index in [-0.39, 0.29) is 11.8 Å². The van der Waals surface area contributed by atoms with Gasteiger partial charge in [0.1, 0.15) is 0 Å². The number of hydrogen-bond acceptors (Lipinski definition) is 3. The summed E-state index contributed by atoms with van der Waals surface area (Å²) in [4.78, 5) is 15.8. The summed E-state index contributed by atoms with van der Waals surface area (Å²) in [6.45, 7) is 2.05. The SMILES string of the molecule is C[C@@H](CC(=O)Nc1nccs1)c1ccccc1. The lowest BCUT2D eigenvalue weighted by molar-refractivity contribution is -0.116. The zero-order valence-corrected chi connectivity index (χ0v) is 10.4. The van der Waals surface area contributed by atoms with Crippen LogP contribution in [0.4, 0.5) is 5.13 Å². The van der Waals surface area contributed by atoms with Gasteiger partial charge in [0.15, 0.2) is 5.13 Å². The van der Waals surface area contributed by atoms with Gasteiger partial charge in [-0.2, -0.15) is 0 Å². The summed E-state index contributed by atoms with van der Waals surface area (Å²) in [6, 6.07) is 10.0. The molecule has 0 fully saturated rings. The average Bonchev–Trinajstić information content (AvgIpc) is 2.82. The van der Waals surface area contributed by atoms with Crippen LogP contribution >= 0.6 is 11.3 Å². The Kier molecular flexibility index (Phi) is 3.88. The van der Waals surface area contributed by atoms with Crippen molar-refractivity contribution in [2.24, 2.45) is 0 Å². The van der Waals surface area contributed by atoms with E-state index in [1.807, 2.05) is 35.7 Å². The fourth-order valence-electron chi connectivity index (χ4n) is 1.63. The molecule has 1 atom stereocenters. The third-order valence-electron chi connectivity index (χ3n) is 2.54. The van der Waals surface area contributed by atoms with Crippen LogP contribution in [0.15, 0.2) is 41.9 Å². The number of hydrogen-bond donors (Lipinski definition) is 1. The van der Waals surface area contributed by atoms with Crippen LogP contribution in [-0.4, -0.2) is 10.9 Å². The Morgan fingerprint density at radius 3 is 2.82 bits per heavy atom. The molecule has 2 aromatic rings. The lowest BCUT2D eigenvalue weighted by Crippen LogP contribution is -2.14. The molecule has 0 aliphatic rings. The highest BCUT2D eigenvalue weighted by molar-refractivity contribution is 7.13. The Bertz CT molecular complexity index is 467. The summed E-state index contributed by atoms with van der Waals surface area (Å²) in [7, 11) is 0. The van der Waals surface area contributed by atoms with Gasteiger partial charge in [-0.15, -0.1) is 11.3 Å². The zero-order valence-electron chi connectivity index (χ0n) is 9.59. The Balaban J connectivity index is 1.91. The van der Waals surface area contributed by atoms with Crippen LogP contribution < -0.4 is 5.32 Å². The molecule has 3 nitrogen and oxygen atoms in total. The van der Waals surface area contributed by atoms with Crippen molar-refractivity contribution in [1.82, 2.24) is 4.98 Å². The molecule has 4 heteroatoms. The van der Waals surface area contributed by atoms with Crippen LogP contribution in [0, 0.1) is 0 Å². The van der Waals surface area contributed by atoms with Crippen LogP contribution in [0.1, 0.15) is 24.8 Å². The topological polar surface area (TPSA) is 42.0 Å². The molecule has 0 aliphatic heterocycles. The summed E-state index contributed by atoms with van der Waals surface area (Å²) in [5.41, 5.74) is 1.18. The lowest BCUT2D eigenvalue weighted by Gasteiger charge is -2.10. The smallest absolute Gasteiger partial charge is 0.226 e. The predicted octanol–water partition coefficient (Wildman–Crippen LogP) is 3.28. The number of anilines is 1. The molecule has 1 aromatic carbocycles. The van der Waals surface area contributed by atoms with Crippen LogP contribution in [0.3, 0.4) is 0 Å². The van der Waals surface area contributed by atoms with Crippen molar-refractivity contribution in [2.75, 3.05) is 5.32 Å². The normalized spacial score (nSPS) is 12.1. The van der Waals surface area contributed by atoms with E-state index in [9.17, 15) is 4.79 Å². The summed E-state index contributed by atoms with van der Waals surface area (Å²) in [5, 5.41) is 5.30. The van der Waals surface area contributed by atoms with E-state index >= 15 is 0 Å². The zero-order chi connectivity index (χ0) is 12.1.